The van der Waals surface area contributed by atoms with Gasteiger partial charge >= 0.3 is 5.97 Å². The quantitative estimate of drug-likeness (QED) is 0.677. The Morgan fingerprint density at radius 2 is 1.70 bits per heavy atom. The molecule has 23 heavy (non-hydrogen) atoms. The van der Waals surface area contributed by atoms with Crippen molar-refractivity contribution in [3.05, 3.63) is 69.7 Å². The van der Waals surface area contributed by atoms with Crippen LogP contribution in [0.4, 0.5) is 0 Å². The summed E-state index contributed by atoms with van der Waals surface area (Å²) in [5.74, 6) is -0.155. The number of carbonyl (C=O) groups is 1. The first-order valence-electron chi connectivity index (χ1n) is 7.78. The molecule has 0 N–H and O–H groups in total. The van der Waals surface area contributed by atoms with Gasteiger partial charge in [-0.1, -0.05) is 60.3 Å². The fourth-order valence-corrected chi connectivity index (χ4v) is 3.61. The van der Waals surface area contributed by atoms with Crippen LogP contribution >= 0.6 is 23.2 Å². The Kier molecular flexibility index (Phi) is 4.93. The van der Waals surface area contributed by atoms with Crippen LogP contribution in [0.15, 0.2) is 48.5 Å². The van der Waals surface area contributed by atoms with Crippen molar-refractivity contribution in [2.24, 2.45) is 0 Å². The van der Waals surface area contributed by atoms with Gasteiger partial charge < -0.3 is 4.74 Å². The zero-order valence-corrected chi connectivity index (χ0v) is 14.2. The molecule has 0 bridgehead atoms. The average Bonchev–Trinajstić information content (AvgIpc) is 3.04. The number of halogens is 2. The van der Waals surface area contributed by atoms with Crippen molar-refractivity contribution in [3.8, 4) is 0 Å². The van der Waals surface area contributed by atoms with E-state index in [0.717, 1.165) is 36.8 Å². The van der Waals surface area contributed by atoms with Crippen LogP contribution in [0.5, 0.6) is 0 Å². The van der Waals surface area contributed by atoms with E-state index in [9.17, 15) is 4.79 Å². The van der Waals surface area contributed by atoms with Crippen LogP contribution in [0, 0.1) is 0 Å². The van der Waals surface area contributed by atoms with Crippen LogP contribution in [0.25, 0.3) is 0 Å². The Hall–Kier alpha value is -1.51. The number of carbonyl (C=O) groups excluding carboxylic acids is 1. The second-order valence-electron chi connectivity index (χ2n) is 6.00. The van der Waals surface area contributed by atoms with E-state index in [0.29, 0.717) is 10.0 Å². The van der Waals surface area contributed by atoms with E-state index in [1.165, 1.54) is 0 Å². The van der Waals surface area contributed by atoms with Gasteiger partial charge in [0.25, 0.3) is 0 Å². The van der Waals surface area contributed by atoms with Crippen LogP contribution in [-0.2, 0) is 21.6 Å². The van der Waals surface area contributed by atoms with E-state index >= 15 is 0 Å². The highest BCUT2D eigenvalue weighted by atomic mass is 35.5. The van der Waals surface area contributed by atoms with E-state index in [2.05, 4.69) is 0 Å². The van der Waals surface area contributed by atoms with Crippen LogP contribution in [-0.4, -0.2) is 5.97 Å². The standard InChI is InChI=1S/C19H18Cl2O2/c20-16-8-6-15(7-9-16)19(10-1-2-11-19)18(22)23-13-14-4-3-5-17(21)12-14/h3-9,12H,1-2,10-11,13H2. The lowest BCUT2D eigenvalue weighted by molar-refractivity contribution is -0.152. The maximum absolute atomic E-state index is 12.8. The summed E-state index contributed by atoms with van der Waals surface area (Å²) in [6.45, 7) is 0.245. The van der Waals surface area contributed by atoms with Gasteiger partial charge in [0.1, 0.15) is 6.61 Å². The molecule has 120 valence electrons. The minimum atomic E-state index is -0.539. The van der Waals surface area contributed by atoms with E-state index in [1.807, 2.05) is 42.5 Å². The highest BCUT2D eigenvalue weighted by Crippen LogP contribution is 2.42. The first-order valence-corrected chi connectivity index (χ1v) is 8.53. The summed E-state index contributed by atoms with van der Waals surface area (Å²) in [5.41, 5.74) is 1.36. The monoisotopic (exact) mass is 348 g/mol. The molecule has 0 aromatic heterocycles. The second-order valence-corrected chi connectivity index (χ2v) is 6.88. The molecule has 2 aromatic carbocycles. The first kappa shape index (κ1) is 16.4. The lowest BCUT2D eigenvalue weighted by atomic mass is 9.79. The molecule has 0 aliphatic heterocycles. The average molecular weight is 349 g/mol. The molecule has 0 amide bonds. The minimum Gasteiger partial charge on any atom is -0.460 e. The number of benzene rings is 2. The molecule has 0 radical (unpaired) electrons. The molecule has 2 aromatic rings. The lowest BCUT2D eigenvalue weighted by Gasteiger charge is -2.27. The van der Waals surface area contributed by atoms with Crippen molar-refractivity contribution in [2.45, 2.75) is 37.7 Å². The number of ether oxygens (including phenoxy) is 1. The van der Waals surface area contributed by atoms with Crippen LogP contribution in [0.2, 0.25) is 10.0 Å². The molecular formula is C19H18Cl2O2. The van der Waals surface area contributed by atoms with Crippen LogP contribution in [0.3, 0.4) is 0 Å². The molecule has 2 nitrogen and oxygen atoms in total. The topological polar surface area (TPSA) is 26.3 Å². The summed E-state index contributed by atoms with van der Waals surface area (Å²) in [4.78, 5) is 12.8. The van der Waals surface area contributed by atoms with E-state index < -0.39 is 5.41 Å². The van der Waals surface area contributed by atoms with Crippen molar-refractivity contribution < 1.29 is 9.53 Å². The van der Waals surface area contributed by atoms with E-state index in [-0.39, 0.29) is 12.6 Å². The van der Waals surface area contributed by atoms with Crippen molar-refractivity contribution in [2.75, 3.05) is 0 Å². The third kappa shape index (κ3) is 3.54. The number of rotatable bonds is 4. The highest BCUT2D eigenvalue weighted by Gasteiger charge is 2.44. The Balaban J connectivity index is 1.78. The van der Waals surface area contributed by atoms with Gasteiger partial charge in [-0.15, -0.1) is 0 Å². The fraction of sp³-hybridized carbons (Fsp3) is 0.316. The summed E-state index contributed by atoms with van der Waals surface area (Å²) >= 11 is 11.9. The zero-order valence-electron chi connectivity index (χ0n) is 12.7. The number of esters is 1. The molecular weight excluding hydrogens is 331 g/mol. The largest absolute Gasteiger partial charge is 0.460 e. The SMILES string of the molecule is O=C(OCc1cccc(Cl)c1)C1(c2ccc(Cl)cc2)CCCC1. The maximum Gasteiger partial charge on any atom is 0.316 e. The van der Waals surface area contributed by atoms with Gasteiger partial charge in [0.05, 0.1) is 5.41 Å². The number of hydrogen-bond donors (Lipinski definition) is 0. The highest BCUT2D eigenvalue weighted by molar-refractivity contribution is 6.30. The van der Waals surface area contributed by atoms with Gasteiger partial charge in [-0.3, -0.25) is 4.79 Å². The van der Waals surface area contributed by atoms with Gasteiger partial charge in [-0.2, -0.15) is 0 Å². The Morgan fingerprint density at radius 1 is 1.00 bits per heavy atom. The molecule has 1 aliphatic carbocycles. The Labute approximate surface area is 146 Å². The molecule has 0 saturated heterocycles. The summed E-state index contributed by atoms with van der Waals surface area (Å²) in [6.07, 6.45) is 3.72. The molecule has 0 unspecified atom stereocenters. The molecule has 1 saturated carbocycles. The minimum absolute atomic E-state index is 0.155. The smallest absolute Gasteiger partial charge is 0.316 e. The molecule has 1 fully saturated rings. The van der Waals surface area contributed by atoms with Crippen molar-refractivity contribution in [1.82, 2.24) is 0 Å². The van der Waals surface area contributed by atoms with Crippen LogP contribution < -0.4 is 0 Å². The van der Waals surface area contributed by atoms with Gasteiger partial charge in [0.15, 0.2) is 0 Å². The van der Waals surface area contributed by atoms with Crippen molar-refractivity contribution in [1.29, 1.82) is 0 Å². The summed E-state index contributed by atoms with van der Waals surface area (Å²) in [5, 5.41) is 1.32. The molecule has 1 aliphatic rings. The fourth-order valence-electron chi connectivity index (χ4n) is 3.27. The lowest BCUT2D eigenvalue weighted by Crippen LogP contribution is -2.34. The summed E-state index contributed by atoms with van der Waals surface area (Å²) in [6, 6.07) is 14.9. The van der Waals surface area contributed by atoms with Gasteiger partial charge in [-0.05, 0) is 48.2 Å². The Morgan fingerprint density at radius 3 is 2.35 bits per heavy atom. The Bertz CT molecular complexity index is 689. The normalized spacial score (nSPS) is 16.3. The van der Waals surface area contributed by atoms with Gasteiger partial charge in [0, 0.05) is 10.0 Å². The maximum atomic E-state index is 12.8. The second kappa shape index (κ2) is 6.94. The molecule has 0 atom stereocenters. The van der Waals surface area contributed by atoms with Crippen molar-refractivity contribution >= 4 is 29.2 Å². The molecule has 3 rings (SSSR count). The van der Waals surface area contributed by atoms with Crippen molar-refractivity contribution in [3.63, 3.8) is 0 Å². The summed E-state index contributed by atoms with van der Waals surface area (Å²) in [7, 11) is 0. The molecule has 0 heterocycles. The van der Waals surface area contributed by atoms with E-state index in [1.54, 1.807) is 6.07 Å². The third-order valence-electron chi connectivity index (χ3n) is 4.50. The van der Waals surface area contributed by atoms with Gasteiger partial charge in [0.2, 0.25) is 0 Å². The first-order chi connectivity index (χ1) is 11.1. The zero-order chi connectivity index (χ0) is 16.3. The van der Waals surface area contributed by atoms with Crippen LogP contribution in [0.1, 0.15) is 36.8 Å². The predicted molar refractivity (Wildman–Crippen MR) is 92.8 cm³/mol. The van der Waals surface area contributed by atoms with E-state index in [4.69, 9.17) is 27.9 Å². The van der Waals surface area contributed by atoms with Gasteiger partial charge in [-0.25, -0.2) is 0 Å². The predicted octanol–water partition coefficient (Wildman–Crippen LogP) is 5.55. The number of hydrogen-bond acceptors (Lipinski definition) is 2. The molecule has 0 spiro atoms. The molecule has 4 heteroatoms. The third-order valence-corrected chi connectivity index (χ3v) is 4.99. The summed E-state index contributed by atoms with van der Waals surface area (Å²) < 4.78 is 5.62.